The number of pyridine rings is 1. The molecule has 0 aliphatic rings. The van der Waals surface area contributed by atoms with Crippen molar-refractivity contribution in [1.82, 2.24) is 4.98 Å². The summed E-state index contributed by atoms with van der Waals surface area (Å²) in [5.74, 6) is -1.28. The van der Waals surface area contributed by atoms with Gasteiger partial charge in [-0.05, 0) is 30.5 Å². The van der Waals surface area contributed by atoms with Crippen LogP contribution in [-0.2, 0) is 12.8 Å². The van der Waals surface area contributed by atoms with Crippen LogP contribution in [0.2, 0.25) is 0 Å². The molecular weight excluding hydrogens is 284 g/mol. The first-order valence-electron chi connectivity index (χ1n) is 7.20. The molecule has 5 heteroatoms. The van der Waals surface area contributed by atoms with Gasteiger partial charge in [0.25, 0.3) is 0 Å². The Morgan fingerprint density at radius 3 is 2.55 bits per heavy atom. The summed E-state index contributed by atoms with van der Waals surface area (Å²) in [5, 5.41) is 9.38. The monoisotopic (exact) mass is 301 g/mol. The minimum atomic E-state index is -0.709. The van der Waals surface area contributed by atoms with Crippen LogP contribution in [-0.4, -0.2) is 4.98 Å². The smallest absolute Gasteiger partial charge is 0.142 e. The van der Waals surface area contributed by atoms with Crippen LogP contribution in [0.3, 0.4) is 0 Å². The molecule has 0 atom stereocenters. The predicted octanol–water partition coefficient (Wildman–Crippen LogP) is 4.00. The van der Waals surface area contributed by atoms with Crippen LogP contribution in [0, 0.1) is 23.0 Å². The van der Waals surface area contributed by atoms with Gasteiger partial charge in [0.1, 0.15) is 29.1 Å². The highest BCUT2D eigenvalue weighted by molar-refractivity contribution is 5.79. The number of hydrogen-bond donors (Lipinski definition) is 1. The number of halogens is 2. The van der Waals surface area contributed by atoms with Crippen molar-refractivity contribution in [3.8, 4) is 17.2 Å². The number of nitriles is 1. The minimum absolute atomic E-state index is 0.0851. The zero-order valence-electron chi connectivity index (χ0n) is 12.6. The largest absolute Gasteiger partial charge is 0.383 e. The average molecular weight is 301 g/mol. The van der Waals surface area contributed by atoms with E-state index in [9.17, 15) is 14.0 Å². The third kappa shape index (κ3) is 2.77. The van der Waals surface area contributed by atoms with Crippen molar-refractivity contribution in [2.75, 3.05) is 5.73 Å². The lowest BCUT2D eigenvalue weighted by Gasteiger charge is -2.16. The van der Waals surface area contributed by atoms with E-state index in [-0.39, 0.29) is 16.9 Å². The molecule has 0 bridgehead atoms. The van der Waals surface area contributed by atoms with Gasteiger partial charge in [-0.15, -0.1) is 0 Å². The first-order valence-corrected chi connectivity index (χ1v) is 7.20. The zero-order valence-corrected chi connectivity index (χ0v) is 12.6. The zero-order chi connectivity index (χ0) is 16.3. The fourth-order valence-electron chi connectivity index (χ4n) is 2.62. The molecule has 3 nitrogen and oxygen atoms in total. The van der Waals surface area contributed by atoms with Gasteiger partial charge in [-0.3, -0.25) is 0 Å². The van der Waals surface area contributed by atoms with E-state index in [1.54, 1.807) is 0 Å². The first kappa shape index (κ1) is 15.9. The molecule has 114 valence electrons. The van der Waals surface area contributed by atoms with Crippen molar-refractivity contribution in [3.05, 3.63) is 46.7 Å². The Kier molecular flexibility index (Phi) is 4.71. The molecule has 2 aromatic rings. The van der Waals surface area contributed by atoms with Gasteiger partial charge in [-0.1, -0.05) is 20.3 Å². The maximum atomic E-state index is 14.2. The molecule has 2 rings (SSSR count). The van der Waals surface area contributed by atoms with Gasteiger partial charge >= 0.3 is 0 Å². The van der Waals surface area contributed by atoms with Crippen molar-refractivity contribution >= 4 is 5.82 Å². The molecule has 2 N–H and O–H groups in total. The van der Waals surface area contributed by atoms with E-state index in [0.29, 0.717) is 18.4 Å². The normalized spacial score (nSPS) is 10.5. The summed E-state index contributed by atoms with van der Waals surface area (Å²) in [4.78, 5) is 4.30. The van der Waals surface area contributed by atoms with Crippen LogP contribution in [0.25, 0.3) is 11.1 Å². The van der Waals surface area contributed by atoms with E-state index in [1.807, 2.05) is 19.9 Å². The number of rotatable bonds is 4. The number of aryl methyl sites for hydroxylation is 1. The van der Waals surface area contributed by atoms with Crippen LogP contribution < -0.4 is 5.73 Å². The second kappa shape index (κ2) is 6.52. The first-order chi connectivity index (χ1) is 10.5. The SMILES string of the molecule is CCCc1nc(N)c(C#N)c(-c2ccc(F)cc2F)c1CC. The Morgan fingerprint density at radius 2 is 2.00 bits per heavy atom. The third-order valence-corrected chi connectivity index (χ3v) is 3.56. The number of benzene rings is 1. The Morgan fingerprint density at radius 1 is 1.27 bits per heavy atom. The molecular formula is C17H17F2N3. The second-order valence-electron chi connectivity index (χ2n) is 5.01. The summed E-state index contributed by atoms with van der Waals surface area (Å²) in [6, 6.07) is 5.33. The lowest BCUT2D eigenvalue weighted by atomic mass is 9.91. The van der Waals surface area contributed by atoms with Crippen molar-refractivity contribution in [2.45, 2.75) is 33.1 Å². The number of aromatic nitrogens is 1. The van der Waals surface area contributed by atoms with Crippen LogP contribution in [0.5, 0.6) is 0 Å². The van der Waals surface area contributed by atoms with E-state index in [0.717, 1.165) is 23.7 Å². The molecule has 1 aromatic carbocycles. The molecule has 1 aromatic heterocycles. The molecule has 0 aliphatic carbocycles. The highest BCUT2D eigenvalue weighted by Crippen LogP contribution is 2.34. The van der Waals surface area contributed by atoms with Gasteiger partial charge in [0.2, 0.25) is 0 Å². The van der Waals surface area contributed by atoms with Crippen LogP contribution in [0.15, 0.2) is 18.2 Å². The summed E-state index contributed by atoms with van der Waals surface area (Å²) in [6.45, 7) is 3.92. The number of anilines is 1. The molecule has 0 radical (unpaired) electrons. The van der Waals surface area contributed by atoms with Crippen molar-refractivity contribution in [2.24, 2.45) is 0 Å². The standard InChI is InChI=1S/C17H17F2N3/c1-3-5-15-11(4-2)16(13(9-20)17(21)22-15)12-7-6-10(18)8-14(12)19/h6-8H,3-5H2,1-2H3,(H2,21,22). The summed E-state index contributed by atoms with van der Waals surface area (Å²) in [7, 11) is 0. The third-order valence-electron chi connectivity index (χ3n) is 3.56. The molecule has 0 amide bonds. The number of hydrogen-bond acceptors (Lipinski definition) is 3. The summed E-state index contributed by atoms with van der Waals surface area (Å²) < 4.78 is 27.4. The molecule has 1 heterocycles. The minimum Gasteiger partial charge on any atom is -0.383 e. The van der Waals surface area contributed by atoms with Gasteiger partial charge < -0.3 is 5.73 Å². The molecule has 0 aliphatic heterocycles. The maximum Gasteiger partial charge on any atom is 0.142 e. The Labute approximate surface area is 128 Å². The molecule has 0 unspecified atom stereocenters. The lowest BCUT2D eigenvalue weighted by Crippen LogP contribution is -2.08. The molecule has 0 saturated heterocycles. The summed E-state index contributed by atoms with van der Waals surface area (Å²) in [6.07, 6.45) is 2.13. The van der Waals surface area contributed by atoms with Gasteiger partial charge in [0.15, 0.2) is 0 Å². The number of nitrogens with zero attached hydrogens (tertiary/aromatic N) is 2. The predicted molar refractivity (Wildman–Crippen MR) is 82.1 cm³/mol. The molecule has 0 fully saturated rings. The van der Waals surface area contributed by atoms with Gasteiger partial charge in [0, 0.05) is 22.9 Å². The van der Waals surface area contributed by atoms with E-state index < -0.39 is 11.6 Å². The van der Waals surface area contributed by atoms with Crippen LogP contribution in [0.4, 0.5) is 14.6 Å². The number of nitrogens with two attached hydrogens (primary N) is 1. The van der Waals surface area contributed by atoms with Crippen LogP contribution >= 0.6 is 0 Å². The van der Waals surface area contributed by atoms with Crippen molar-refractivity contribution in [1.29, 1.82) is 5.26 Å². The van der Waals surface area contributed by atoms with E-state index in [2.05, 4.69) is 4.98 Å². The summed E-state index contributed by atoms with van der Waals surface area (Å²) in [5.41, 5.74) is 8.18. The topological polar surface area (TPSA) is 62.7 Å². The molecule has 0 spiro atoms. The maximum absolute atomic E-state index is 14.2. The van der Waals surface area contributed by atoms with Crippen LogP contribution in [0.1, 0.15) is 37.1 Å². The van der Waals surface area contributed by atoms with Gasteiger partial charge in [-0.25, -0.2) is 13.8 Å². The summed E-state index contributed by atoms with van der Waals surface area (Å²) >= 11 is 0. The van der Waals surface area contributed by atoms with E-state index >= 15 is 0 Å². The Bertz CT molecular complexity index is 749. The fourth-order valence-corrected chi connectivity index (χ4v) is 2.62. The van der Waals surface area contributed by atoms with Gasteiger partial charge in [0.05, 0.1) is 0 Å². The Balaban J connectivity index is 2.84. The average Bonchev–Trinajstić information content (AvgIpc) is 2.47. The van der Waals surface area contributed by atoms with Gasteiger partial charge in [-0.2, -0.15) is 5.26 Å². The van der Waals surface area contributed by atoms with Crippen molar-refractivity contribution in [3.63, 3.8) is 0 Å². The molecule has 0 saturated carbocycles. The lowest BCUT2D eigenvalue weighted by molar-refractivity contribution is 0.585. The second-order valence-corrected chi connectivity index (χ2v) is 5.01. The highest BCUT2D eigenvalue weighted by Gasteiger charge is 2.21. The molecule has 22 heavy (non-hydrogen) atoms. The van der Waals surface area contributed by atoms with E-state index in [4.69, 9.17) is 5.73 Å². The Hall–Kier alpha value is -2.48. The number of nitrogen functional groups attached to an aromatic ring is 1. The highest BCUT2D eigenvalue weighted by atomic mass is 19.1. The fraction of sp³-hybridized carbons (Fsp3) is 0.294. The van der Waals surface area contributed by atoms with E-state index in [1.165, 1.54) is 12.1 Å². The van der Waals surface area contributed by atoms with Crippen molar-refractivity contribution < 1.29 is 8.78 Å². The quantitative estimate of drug-likeness (QED) is 0.928.